The molecule has 1 fully saturated rings. The highest BCUT2D eigenvalue weighted by Gasteiger charge is 2.39. The van der Waals surface area contributed by atoms with Crippen molar-refractivity contribution in [2.24, 2.45) is 0 Å². The van der Waals surface area contributed by atoms with E-state index >= 15 is 0 Å². The number of ether oxygens (including phenoxy) is 1. The van der Waals surface area contributed by atoms with Crippen molar-refractivity contribution >= 4 is 11.9 Å². The number of cyclic esters (lactones) is 2. The molecule has 80 valence electrons. The second kappa shape index (κ2) is 4.09. The maximum atomic E-state index is 11.4. The second-order valence-electron chi connectivity index (χ2n) is 4.15. The molecule has 0 aromatic heterocycles. The molecule has 0 saturated carbocycles. The summed E-state index contributed by atoms with van der Waals surface area (Å²) in [5.41, 5.74) is 0. The molecule has 1 atom stereocenters. The lowest BCUT2D eigenvalue weighted by molar-refractivity contribution is -0.154. The van der Waals surface area contributed by atoms with Gasteiger partial charge in [0.1, 0.15) is 6.04 Å². The normalized spacial score (nSPS) is 22.6. The van der Waals surface area contributed by atoms with E-state index in [0.717, 1.165) is 0 Å². The molecule has 0 aromatic rings. The molecular formula is C10H17NO3. The Morgan fingerprint density at radius 1 is 1.21 bits per heavy atom. The quantitative estimate of drug-likeness (QED) is 0.501. The van der Waals surface area contributed by atoms with Gasteiger partial charge in [-0.1, -0.05) is 0 Å². The van der Waals surface area contributed by atoms with Crippen molar-refractivity contribution in [3.05, 3.63) is 0 Å². The van der Waals surface area contributed by atoms with E-state index in [2.05, 4.69) is 4.74 Å². The number of esters is 2. The van der Waals surface area contributed by atoms with Gasteiger partial charge in [0.25, 0.3) is 0 Å². The fourth-order valence-corrected chi connectivity index (χ4v) is 2.01. The lowest BCUT2D eigenvalue weighted by Crippen LogP contribution is -2.47. The van der Waals surface area contributed by atoms with Crippen LogP contribution in [-0.2, 0) is 14.3 Å². The second-order valence-corrected chi connectivity index (χ2v) is 4.15. The van der Waals surface area contributed by atoms with E-state index in [4.69, 9.17) is 0 Å². The third-order valence-corrected chi connectivity index (χ3v) is 2.40. The van der Waals surface area contributed by atoms with Gasteiger partial charge >= 0.3 is 11.9 Å². The Balaban J connectivity index is 2.79. The number of hydrogen-bond acceptors (Lipinski definition) is 4. The predicted octanol–water partition coefficient (Wildman–Crippen LogP) is 0.947. The zero-order chi connectivity index (χ0) is 10.9. The molecule has 0 aromatic carbocycles. The molecule has 14 heavy (non-hydrogen) atoms. The maximum Gasteiger partial charge on any atom is 0.331 e. The first-order valence-electron chi connectivity index (χ1n) is 4.95. The van der Waals surface area contributed by atoms with E-state index in [-0.39, 0.29) is 24.5 Å². The Morgan fingerprint density at radius 2 is 1.71 bits per heavy atom. The summed E-state index contributed by atoms with van der Waals surface area (Å²) in [6.07, 6.45) is 0.190. The molecule has 1 heterocycles. The van der Waals surface area contributed by atoms with E-state index in [1.807, 2.05) is 32.6 Å². The Morgan fingerprint density at radius 3 is 2.00 bits per heavy atom. The Kier molecular flexibility index (Phi) is 3.26. The molecule has 0 spiro atoms. The van der Waals surface area contributed by atoms with Gasteiger partial charge in [-0.2, -0.15) is 0 Å². The summed E-state index contributed by atoms with van der Waals surface area (Å²) in [4.78, 5) is 24.3. The fraction of sp³-hybridized carbons (Fsp3) is 0.800. The van der Waals surface area contributed by atoms with Crippen LogP contribution in [0.15, 0.2) is 0 Å². The smallest absolute Gasteiger partial charge is 0.331 e. The molecule has 4 heteroatoms. The first-order chi connectivity index (χ1) is 6.43. The van der Waals surface area contributed by atoms with Crippen molar-refractivity contribution in [2.75, 3.05) is 0 Å². The third-order valence-electron chi connectivity index (χ3n) is 2.40. The van der Waals surface area contributed by atoms with Gasteiger partial charge in [0, 0.05) is 12.1 Å². The van der Waals surface area contributed by atoms with Crippen LogP contribution in [0.1, 0.15) is 34.1 Å². The molecule has 1 rings (SSSR count). The van der Waals surface area contributed by atoms with Gasteiger partial charge in [-0.05, 0) is 27.7 Å². The van der Waals surface area contributed by atoms with Gasteiger partial charge in [0.2, 0.25) is 0 Å². The minimum atomic E-state index is -0.411. The largest absolute Gasteiger partial charge is 0.392 e. The highest BCUT2D eigenvalue weighted by Crippen LogP contribution is 2.20. The average Bonchev–Trinajstić information content (AvgIpc) is 2.29. The number of hydrogen-bond donors (Lipinski definition) is 0. The van der Waals surface area contributed by atoms with Gasteiger partial charge in [-0.25, -0.2) is 4.79 Å². The van der Waals surface area contributed by atoms with Crippen molar-refractivity contribution in [3.8, 4) is 0 Å². The summed E-state index contributed by atoms with van der Waals surface area (Å²) in [7, 11) is 0. The van der Waals surface area contributed by atoms with E-state index in [1.54, 1.807) is 0 Å². The van der Waals surface area contributed by atoms with Crippen LogP contribution < -0.4 is 0 Å². The maximum absolute atomic E-state index is 11.4. The molecule has 1 aliphatic heterocycles. The van der Waals surface area contributed by atoms with Gasteiger partial charge in [0.05, 0.1) is 6.42 Å². The lowest BCUT2D eigenvalue weighted by Gasteiger charge is -2.33. The molecule has 0 bridgehead atoms. The van der Waals surface area contributed by atoms with Gasteiger partial charge < -0.3 is 4.74 Å². The molecule has 1 saturated heterocycles. The highest BCUT2D eigenvalue weighted by molar-refractivity contribution is 5.96. The molecule has 4 nitrogen and oxygen atoms in total. The summed E-state index contributed by atoms with van der Waals surface area (Å²) < 4.78 is 4.54. The number of carbonyl (C=O) groups is 2. The van der Waals surface area contributed by atoms with E-state index in [9.17, 15) is 9.59 Å². The first-order valence-corrected chi connectivity index (χ1v) is 4.95. The monoisotopic (exact) mass is 199 g/mol. The van der Waals surface area contributed by atoms with E-state index in [1.165, 1.54) is 0 Å². The molecule has 0 amide bonds. The van der Waals surface area contributed by atoms with Crippen LogP contribution in [0.5, 0.6) is 0 Å². The molecule has 1 unspecified atom stereocenters. The van der Waals surface area contributed by atoms with Crippen LogP contribution in [0, 0.1) is 0 Å². The SMILES string of the molecule is CC(C)N(C(C)C)C1CC(=O)OC1=O. The number of rotatable bonds is 3. The average molecular weight is 199 g/mol. The summed E-state index contributed by atoms with van der Waals surface area (Å²) in [5.74, 6) is -0.816. The van der Waals surface area contributed by atoms with Gasteiger partial charge in [-0.15, -0.1) is 0 Å². The van der Waals surface area contributed by atoms with Crippen molar-refractivity contribution < 1.29 is 14.3 Å². The molecule has 1 aliphatic rings. The van der Waals surface area contributed by atoms with Crippen LogP contribution in [0.2, 0.25) is 0 Å². The summed E-state index contributed by atoms with van der Waals surface area (Å²) in [6.45, 7) is 8.04. The molecule has 0 aliphatic carbocycles. The van der Waals surface area contributed by atoms with Crippen molar-refractivity contribution in [3.63, 3.8) is 0 Å². The fourth-order valence-electron chi connectivity index (χ4n) is 2.01. The van der Waals surface area contributed by atoms with E-state index in [0.29, 0.717) is 0 Å². The van der Waals surface area contributed by atoms with Crippen LogP contribution in [-0.4, -0.2) is 35.0 Å². The number of nitrogens with zero attached hydrogens (tertiary/aromatic N) is 1. The summed E-state index contributed by atoms with van der Waals surface area (Å²) in [5, 5.41) is 0. The van der Waals surface area contributed by atoms with Crippen LogP contribution in [0.3, 0.4) is 0 Å². The summed E-state index contributed by atoms with van der Waals surface area (Å²) >= 11 is 0. The first kappa shape index (κ1) is 11.2. The van der Waals surface area contributed by atoms with Crippen LogP contribution in [0.25, 0.3) is 0 Å². The zero-order valence-corrected chi connectivity index (χ0v) is 9.11. The topological polar surface area (TPSA) is 46.6 Å². The van der Waals surface area contributed by atoms with Crippen molar-refractivity contribution in [1.82, 2.24) is 4.90 Å². The Hall–Kier alpha value is -0.900. The van der Waals surface area contributed by atoms with E-state index < -0.39 is 11.9 Å². The highest BCUT2D eigenvalue weighted by atomic mass is 16.6. The standard InChI is InChI=1S/C10H17NO3/c1-6(2)11(7(3)4)8-5-9(12)14-10(8)13/h6-8H,5H2,1-4H3. The lowest BCUT2D eigenvalue weighted by atomic mass is 10.1. The molecule has 0 radical (unpaired) electrons. The van der Waals surface area contributed by atoms with Crippen LogP contribution >= 0.6 is 0 Å². The van der Waals surface area contributed by atoms with Gasteiger partial charge in [0.15, 0.2) is 0 Å². The molecule has 0 N–H and O–H groups in total. The number of carbonyl (C=O) groups excluding carboxylic acids is 2. The minimum absolute atomic E-state index is 0.190. The predicted molar refractivity (Wildman–Crippen MR) is 51.6 cm³/mol. The van der Waals surface area contributed by atoms with Gasteiger partial charge in [-0.3, -0.25) is 9.69 Å². The van der Waals surface area contributed by atoms with Crippen LogP contribution in [0.4, 0.5) is 0 Å². The van der Waals surface area contributed by atoms with Crippen molar-refractivity contribution in [2.45, 2.75) is 52.2 Å². The Bertz CT molecular complexity index is 240. The Labute approximate surface area is 84.2 Å². The van der Waals surface area contributed by atoms with Crippen molar-refractivity contribution in [1.29, 1.82) is 0 Å². The zero-order valence-electron chi connectivity index (χ0n) is 9.11. The molecular weight excluding hydrogens is 182 g/mol. The third kappa shape index (κ3) is 2.12. The summed E-state index contributed by atoms with van der Waals surface area (Å²) in [6, 6.07) is 0.0828. The minimum Gasteiger partial charge on any atom is -0.392 e.